The van der Waals surface area contributed by atoms with Gasteiger partial charge in [-0.3, -0.25) is 14.5 Å². The minimum atomic E-state index is -0.796. The quantitative estimate of drug-likeness (QED) is 0.862. The fraction of sp³-hybridized carbons (Fsp3) is 0.429. The second-order valence-electron chi connectivity index (χ2n) is 4.84. The van der Waals surface area contributed by atoms with Gasteiger partial charge in [0.15, 0.2) is 0 Å². The molecule has 1 aromatic carbocycles. The highest BCUT2D eigenvalue weighted by Crippen LogP contribution is 2.18. The monoisotopic (exact) mass is 340 g/mol. The van der Waals surface area contributed by atoms with Crippen LogP contribution in [0.2, 0.25) is 0 Å². The lowest BCUT2D eigenvalue weighted by molar-refractivity contribution is -0.142. The van der Waals surface area contributed by atoms with Crippen molar-refractivity contribution in [3.63, 3.8) is 0 Å². The summed E-state index contributed by atoms with van der Waals surface area (Å²) in [5.74, 6) is -0.894. The molecule has 0 radical (unpaired) electrons. The maximum Gasteiger partial charge on any atom is 0.320 e. The van der Waals surface area contributed by atoms with Gasteiger partial charge in [-0.15, -0.1) is 0 Å². The van der Waals surface area contributed by atoms with Gasteiger partial charge in [0.25, 0.3) is 0 Å². The number of aliphatic carboxylic acids is 1. The van der Waals surface area contributed by atoms with E-state index in [2.05, 4.69) is 21.2 Å². The molecule has 0 unspecified atom stereocenters. The Bertz CT molecular complexity index is 507. The molecule has 0 spiro atoms. The summed E-state index contributed by atoms with van der Waals surface area (Å²) in [6, 6.07) is 6.94. The minimum absolute atomic E-state index is 0.0980. The van der Waals surface area contributed by atoms with Crippen molar-refractivity contribution in [3.8, 4) is 0 Å². The summed E-state index contributed by atoms with van der Waals surface area (Å²) in [4.78, 5) is 24.8. The van der Waals surface area contributed by atoms with Crippen LogP contribution in [0.5, 0.6) is 0 Å². The predicted octanol–water partition coefficient (Wildman–Crippen LogP) is 2.33. The molecular formula is C14H17BrN2O3. The number of rotatable bonds is 5. The maximum atomic E-state index is 11.9. The highest BCUT2D eigenvalue weighted by atomic mass is 79.9. The molecule has 1 atom stereocenters. The van der Waals surface area contributed by atoms with Gasteiger partial charge in [-0.25, -0.2) is 0 Å². The Hall–Kier alpha value is -1.40. The number of halogens is 1. The number of benzene rings is 1. The van der Waals surface area contributed by atoms with E-state index in [1.165, 1.54) is 0 Å². The normalized spacial score (nSPS) is 18.9. The number of carboxylic acid groups (broad SMARTS) is 1. The van der Waals surface area contributed by atoms with Gasteiger partial charge in [0.1, 0.15) is 6.04 Å². The number of carbonyl (C=O) groups excluding carboxylic acids is 1. The lowest BCUT2D eigenvalue weighted by atomic mass is 10.2. The van der Waals surface area contributed by atoms with E-state index in [0.717, 1.165) is 23.1 Å². The van der Waals surface area contributed by atoms with Gasteiger partial charge in [0.2, 0.25) is 5.91 Å². The molecule has 1 amide bonds. The van der Waals surface area contributed by atoms with E-state index in [4.69, 9.17) is 5.11 Å². The number of carbonyl (C=O) groups is 2. The Labute approximate surface area is 126 Å². The standard InChI is InChI=1S/C14H17BrN2O3/c15-10-3-1-4-11(9-10)16-13(18)6-8-17-7-2-5-12(17)14(19)20/h1,3-4,9,12H,2,5-8H2,(H,16,18)(H,19,20)/t12-/m0/s1. The third-order valence-electron chi connectivity index (χ3n) is 3.38. The Kier molecular flexibility index (Phi) is 5.14. The van der Waals surface area contributed by atoms with E-state index in [1.807, 2.05) is 29.2 Å². The summed E-state index contributed by atoms with van der Waals surface area (Å²) in [5.41, 5.74) is 0.737. The van der Waals surface area contributed by atoms with Crippen molar-refractivity contribution in [1.29, 1.82) is 0 Å². The zero-order valence-corrected chi connectivity index (χ0v) is 12.6. The first-order valence-corrected chi connectivity index (χ1v) is 7.38. The van der Waals surface area contributed by atoms with E-state index in [9.17, 15) is 9.59 Å². The van der Waals surface area contributed by atoms with Crippen LogP contribution in [-0.4, -0.2) is 41.0 Å². The smallest absolute Gasteiger partial charge is 0.320 e. The molecular weight excluding hydrogens is 324 g/mol. The first kappa shape index (κ1) is 15.0. The molecule has 2 N–H and O–H groups in total. The molecule has 0 aliphatic carbocycles. The van der Waals surface area contributed by atoms with Crippen molar-refractivity contribution in [2.75, 3.05) is 18.4 Å². The van der Waals surface area contributed by atoms with Gasteiger partial charge in [-0.1, -0.05) is 22.0 Å². The average Bonchev–Trinajstić information content (AvgIpc) is 2.85. The molecule has 6 heteroatoms. The van der Waals surface area contributed by atoms with E-state index in [1.54, 1.807) is 0 Å². The van der Waals surface area contributed by atoms with Gasteiger partial charge < -0.3 is 10.4 Å². The SMILES string of the molecule is O=C(CCN1CCC[C@H]1C(=O)O)Nc1cccc(Br)c1. The second kappa shape index (κ2) is 6.85. The van der Waals surface area contributed by atoms with Crippen LogP contribution < -0.4 is 5.32 Å². The zero-order chi connectivity index (χ0) is 14.5. The first-order chi connectivity index (χ1) is 9.56. The molecule has 1 aliphatic heterocycles. The highest BCUT2D eigenvalue weighted by Gasteiger charge is 2.30. The number of hydrogen-bond acceptors (Lipinski definition) is 3. The fourth-order valence-corrected chi connectivity index (χ4v) is 2.81. The van der Waals surface area contributed by atoms with Crippen molar-refractivity contribution in [1.82, 2.24) is 4.90 Å². The van der Waals surface area contributed by atoms with Gasteiger partial charge in [-0.05, 0) is 37.6 Å². The summed E-state index contributed by atoms with van der Waals surface area (Å²) in [5, 5.41) is 11.9. The predicted molar refractivity (Wildman–Crippen MR) is 79.6 cm³/mol. The number of amides is 1. The molecule has 1 aliphatic rings. The van der Waals surface area contributed by atoms with Crippen LogP contribution in [0.15, 0.2) is 28.7 Å². The van der Waals surface area contributed by atoms with E-state index in [-0.39, 0.29) is 5.91 Å². The summed E-state index contributed by atoms with van der Waals surface area (Å²) in [6.45, 7) is 1.23. The van der Waals surface area contributed by atoms with Crippen LogP contribution in [-0.2, 0) is 9.59 Å². The lowest BCUT2D eigenvalue weighted by Crippen LogP contribution is -2.37. The third kappa shape index (κ3) is 4.05. The van der Waals surface area contributed by atoms with Crippen molar-refractivity contribution in [2.24, 2.45) is 0 Å². The van der Waals surface area contributed by atoms with Crippen molar-refractivity contribution >= 4 is 33.5 Å². The highest BCUT2D eigenvalue weighted by molar-refractivity contribution is 9.10. The van der Waals surface area contributed by atoms with Crippen LogP contribution in [0.25, 0.3) is 0 Å². The van der Waals surface area contributed by atoms with Crippen LogP contribution in [0.3, 0.4) is 0 Å². The first-order valence-electron chi connectivity index (χ1n) is 6.58. The third-order valence-corrected chi connectivity index (χ3v) is 3.88. The molecule has 20 heavy (non-hydrogen) atoms. The van der Waals surface area contributed by atoms with Crippen LogP contribution in [0.4, 0.5) is 5.69 Å². The topological polar surface area (TPSA) is 69.6 Å². The van der Waals surface area contributed by atoms with Gasteiger partial charge in [0.05, 0.1) is 0 Å². The molecule has 1 aromatic rings. The number of likely N-dealkylation sites (tertiary alicyclic amines) is 1. The van der Waals surface area contributed by atoms with Crippen LogP contribution >= 0.6 is 15.9 Å². The summed E-state index contributed by atoms with van der Waals surface area (Å²) in [7, 11) is 0. The van der Waals surface area contributed by atoms with E-state index < -0.39 is 12.0 Å². The number of carboxylic acids is 1. The molecule has 5 nitrogen and oxygen atoms in total. The van der Waals surface area contributed by atoms with Crippen molar-refractivity contribution < 1.29 is 14.7 Å². The average molecular weight is 341 g/mol. The number of anilines is 1. The van der Waals surface area contributed by atoms with Gasteiger partial charge in [0, 0.05) is 23.1 Å². The second-order valence-corrected chi connectivity index (χ2v) is 5.76. The molecule has 2 rings (SSSR count). The Morgan fingerprint density at radius 2 is 2.25 bits per heavy atom. The summed E-state index contributed by atoms with van der Waals surface area (Å²) >= 11 is 3.34. The molecule has 1 heterocycles. The maximum absolute atomic E-state index is 11.9. The van der Waals surface area contributed by atoms with Crippen molar-refractivity contribution in [3.05, 3.63) is 28.7 Å². The number of hydrogen-bond donors (Lipinski definition) is 2. The Morgan fingerprint density at radius 3 is 2.95 bits per heavy atom. The molecule has 0 saturated carbocycles. The van der Waals surface area contributed by atoms with Gasteiger partial charge in [-0.2, -0.15) is 0 Å². The molecule has 108 valence electrons. The number of nitrogens with zero attached hydrogens (tertiary/aromatic N) is 1. The number of nitrogens with one attached hydrogen (secondary N) is 1. The molecule has 0 bridgehead atoms. The summed E-state index contributed by atoms with van der Waals surface area (Å²) < 4.78 is 0.904. The zero-order valence-electron chi connectivity index (χ0n) is 11.0. The van der Waals surface area contributed by atoms with Crippen LogP contribution in [0.1, 0.15) is 19.3 Å². The Morgan fingerprint density at radius 1 is 1.45 bits per heavy atom. The van der Waals surface area contributed by atoms with Gasteiger partial charge >= 0.3 is 5.97 Å². The van der Waals surface area contributed by atoms with Crippen LogP contribution in [0, 0.1) is 0 Å². The summed E-state index contributed by atoms with van der Waals surface area (Å²) in [6.07, 6.45) is 1.85. The molecule has 0 aromatic heterocycles. The van der Waals surface area contributed by atoms with E-state index in [0.29, 0.717) is 19.4 Å². The van der Waals surface area contributed by atoms with E-state index >= 15 is 0 Å². The largest absolute Gasteiger partial charge is 0.480 e. The molecule has 1 fully saturated rings. The minimum Gasteiger partial charge on any atom is -0.480 e. The van der Waals surface area contributed by atoms with Crippen molar-refractivity contribution in [2.45, 2.75) is 25.3 Å². The molecule has 1 saturated heterocycles. The Balaban J connectivity index is 1.82. The fourth-order valence-electron chi connectivity index (χ4n) is 2.41. The lowest BCUT2D eigenvalue weighted by Gasteiger charge is -2.20.